The van der Waals surface area contributed by atoms with E-state index in [4.69, 9.17) is 4.74 Å². The SMILES string of the molecule is COC(=O)N1CCc2c(cncc2C(=O)Nc2ccn[nH]2)C1. The summed E-state index contributed by atoms with van der Waals surface area (Å²) in [5.41, 5.74) is 2.28. The second-order valence-corrected chi connectivity index (χ2v) is 4.89. The number of carbonyl (C=O) groups is 2. The second-order valence-electron chi connectivity index (χ2n) is 4.89. The minimum atomic E-state index is -0.377. The van der Waals surface area contributed by atoms with Gasteiger partial charge in [-0.15, -0.1) is 0 Å². The summed E-state index contributed by atoms with van der Waals surface area (Å²) >= 11 is 0. The molecule has 0 aromatic carbocycles. The molecule has 3 rings (SSSR count). The van der Waals surface area contributed by atoms with E-state index in [-0.39, 0.29) is 12.0 Å². The number of carbonyl (C=O) groups excluding carboxylic acids is 2. The zero-order chi connectivity index (χ0) is 15.5. The van der Waals surface area contributed by atoms with Gasteiger partial charge in [0, 0.05) is 25.0 Å². The van der Waals surface area contributed by atoms with E-state index in [0.717, 1.165) is 11.1 Å². The lowest BCUT2D eigenvalue weighted by atomic mass is 9.97. The molecule has 1 aliphatic rings. The van der Waals surface area contributed by atoms with Crippen molar-refractivity contribution in [2.75, 3.05) is 19.0 Å². The van der Waals surface area contributed by atoms with Crippen LogP contribution in [0.5, 0.6) is 0 Å². The van der Waals surface area contributed by atoms with Crippen molar-refractivity contribution in [3.05, 3.63) is 41.3 Å². The predicted molar refractivity (Wildman–Crippen MR) is 77.3 cm³/mol. The Labute approximate surface area is 126 Å². The van der Waals surface area contributed by atoms with E-state index in [1.54, 1.807) is 29.6 Å². The molecule has 2 aromatic rings. The Morgan fingerprint density at radius 1 is 1.41 bits per heavy atom. The molecule has 0 bridgehead atoms. The van der Waals surface area contributed by atoms with E-state index in [9.17, 15) is 9.59 Å². The highest BCUT2D eigenvalue weighted by atomic mass is 16.5. The normalized spacial score (nSPS) is 13.4. The Balaban J connectivity index is 1.83. The van der Waals surface area contributed by atoms with Gasteiger partial charge in [-0.1, -0.05) is 0 Å². The average Bonchev–Trinajstić information content (AvgIpc) is 3.05. The van der Waals surface area contributed by atoms with Crippen LogP contribution in [-0.2, 0) is 17.7 Å². The number of amides is 2. The Kier molecular flexibility index (Phi) is 3.73. The third-order valence-electron chi connectivity index (χ3n) is 3.57. The van der Waals surface area contributed by atoms with Crippen LogP contribution in [0.25, 0.3) is 0 Å². The van der Waals surface area contributed by atoms with Crippen molar-refractivity contribution >= 4 is 17.8 Å². The van der Waals surface area contributed by atoms with Gasteiger partial charge in [0.2, 0.25) is 0 Å². The molecule has 0 atom stereocenters. The summed E-state index contributed by atoms with van der Waals surface area (Å²) < 4.78 is 4.73. The lowest BCUT2D eigenvalue weighted by Gasteiger charge is -2.28. The average molecular weight is 301 g/mol. The molecule has 8 heteroatoms. The summed E-state index contributed by atoms with van der Waals surface area (Å²) in [6.45, 7) is 0.897. The summed E-state index contributed by atoms with van der Waals surface area (Å²) in [5, 5.41) is 9.19. The van der Waals surface area contributed by atoms with Crippen molar-refractivity contribution in [2.45, 2.75) is 13.0 Å². The molecule has 0 saturated heterocycles. The van der Waals surface area contributed by atoms with Crippen molar-refractivity contribution < 1.29 is 14.3 Å². The largest absolute Gasteiger partial charge is 0.453 e. The minimum Gasteiger partial charge on any atom is -0.453 e. The third-order valence-corrected chi connectivity index (χ3v) is 3.57. The van der Waals surface area contributed by atoms with Gasteiger partial charge in [0.15, 0.2) is 0 Å². The Morgan fingerprint density at radius 2 is 2.27 bits per heavy atom. The van der Waals surface area contributed by atoms with Gasteiger partial charge in [-0.3, -0.25) is 14.9 Å². The number of aromatic amines is 1. The molecule has 8 nitrogen and oxygen atoms in total. The van der Waals surface area contributed by atoms with Crippen LogP contribution in [0.4, 0.5) is 10.6 Å². The molecular formula is C14H15N5O3. The third kappa shape index (κ3) is 2.62. The maximum Gasteiger partial charge on any atom is 0.409 e. The maximum absolute atomic E-state index is 12.4. The molecule has 114 valence electrons. The Bertz CT molecular complexity index is 699. The number of nitrogens with one attached hydrogen (secondary N) is 2. The summed E-state index contributed by atoms with van der Waals surface area (Å²) in [4.78, 5) is 29.6. The second kappa shape index (κ2) is 5.84. The van der Waals surface area contributed by atoms with Crippen LogP contribution in [-0.4, -0.2) is 45.7 Å². The van der Waals surface area contributed by atoms with Crippen LogP contribution in [0.2, 0.25) is 0 Å². The summed E-state index contributed by atoms with van der Waals surface area (Å²) in [5.74, 6) is 0.273. The number of fused-ring (bicyclic) bond motifs is 1. The molecule has 2 N–H and O–H groups in total. The van der Waals surface area contributed by atoms with E-state index < -0.39 is 0 Å². The fourth-order valence-corrected chi connectivity index (χ4v) is 2.49. The standard InChI is InChI=1S/C14H15N5O3/c1-22-14(21)19-5-3-10-9(8-19)6-15-7-11(10)13(20)17-12-2-4-16-18-12/h2,4,6-7H,3,5,8H2,1H3,(H2,16,17,18,20). The number of H-pyrrole nitrogens is 1. The number of ether oxygens (including phenoxy) is 1. The van der Waals surface area contributed by atoms with Gasteiger partial charge in [0.05, 0.1) is 25.4 Å². The first-order chi connectivity index (χ1) is 10.7. The molecular weight excluding hydrogens is 286 g/mol. The van der Waals surface area contributed by atoms with E-state index >= 15 is 0 Å². The number of rotatable bonds is 2. The molecule has 22 heavy (non-hydrogen) atoms. The highest BCUT2D eigenvalue weighted by Gasteiger charge is 2.25. The first-order valence-electron chi connectivity index (χ1n) is 6.78. The molecule has 2 aromatic heterocycles. The molecule has 2 amide bonds. The van der Waals surface area contributed by atoms with Crippen molar-refractivity contribution in [2.24, 2.45) is 0 Å². The minimum absolute atomic E-state index is 0.250. The van der Waals surface area contributed by atoms with Crippen LogP contribution in [0.15, 0.2) is 24.7 Å². The van der Waals surface area contributed by atoms with Crippen molar-refractivity contribution in [1.29, 1.82) is 0 Å². The number of aromatic nitrogens is 3. The van der Waals surface area contributed by atoms with Gasteiger partial charge in [0.25, 0.3) is 5.91 Å². The molecule has 0 radical (unpaired) electrons. The van der Waals surface area contributed by atoms with E-state index in [1.165, 1.54) is 7.11 Å². The Morgan fingerprint density at radius 3 is 3.00 bits per heavy atom. The zero-order valence-electron chi connectivity index (χ0n) is 12.0. The number of nitrogens with zero attached hydrogens (tertiary/aromatic N) is 3. The molecule has 3 heterocycles. The highest BCUT2D eigenvalue weighted by molar-refractivity contribution is 6.04. The fourth-order valence-electron chi connectivity index (χ4n) is 2.49. The van der Waals surface area contributed by atoms with E-state index in [1.807, 2.05) is 0 Å². The lowest BCUT2D eigenvalue weighted by Crippen LogP contribution is -2.36. The van der Waals surface area contributed by atoms with Crippen LogP contribution < -0.4 is 5.32 Å². The van der Waals surface area contributed by atoms with Gasteiger partial charge >= 0.3 is 6.09 Å². The first kappa shape index (κ1) is 14.1. The smallest absolute Gasteiger partial charge is 0.409 e. The molecule has 0 fully saturated rings. The first-order valence-corrected chi connectivity index (χ1v) is 6.78. The van der Waals surface area contributed by atoms with E-state index in [2.05, 4.69) is 20.5 Å². The number of hydrogen-bond acceptors (Lipinski definition) is 5. The van der Waals surface area contributed by atoms with Gasteiger partial charge in [-0.05, 0) is 17.5 Å². The van der Waals surface area contributed by atoms with Crippen molar-refractivity contribution in [3.63, 3.8) is 0 Å². The van der Waals surface area contributed by atoms with Gasteiger partial charge in [-0.25, -0.2) is 4.79 Å². The molecule has 0 unspecified atom stereocenters. The zero-order valence-corrected chi connectivity index (χ0v) is 12.0. The fraction of sp³-hybridized carbons (Fsp3) is 0.286. The number of methoxy groups -OCH3 is 1. The quantitative estimate of drug-likeness (QED) is 0.867. The lowest BCUT2D eigenvalue weighted by molar-refractivity contribution is 0.102. The van der Waals surface area contributed by atoms with E-state index in [0.29, 0.717) is 30.9 Å². The van der Waals surface area contributed by atoms with Crippen LogP contribution in [0, 0.1) is 0 Å². The molecule has 0 saturated carbocycles. The van der Waals surface area contributed by atoms with Crippen molar-refractivity contribution in [1.82, 2.24) is 20.1 Å². The van der Waals surface area contributed by atoms with Gasteiger partial charge in [-0.2, -0.15) is 5.10 Å². The number of hydrogen-bond donors (Lipinski definition) is 2. The number of anilines is 1. The highest BCUT2D eigenvalue weighted by Crippen LogP contribution is 2.22. The van der Waals surface area contributed by atoms with Crippen LogP contribution in [0.1, 0.15) is 21.5 Å². The predicted octanol–water partition coefficient (Wildman–Crippen LogP) is 1.18. The topological polar surface area (TPSA) is 100 Å². The molecule has 1 aliphatic heterocycles. The summed E-state index contributed by atoms with van der Waals surface area (Å²) in [6, 6.07) is 1.67. The monoisotopic (exact) mass is 301 g/mol. The van der Waals surface area contributed by atoms with Crippen LogP contribution >= 0.6 is 0 Å². The summed E-state index contributed by atoms with van der Waals surface area (Å²) in [7, 11) is 1.35. The van der Waals surface area contributed by atoms with Gasteiger partial charge < -0.3 is 15.0 Å². The maximum atomic E-state index is 12.4. The van der Waals surface area contributed by atoms with Gasteiger partial charge in [0.1, 0.15) is 5.82 Å². The molecule has 0 aliphatic carbocycles. The Hall–Kier alpha value is -2.90. The van der Waals surface area contributed by atoms with Crippen LogP contribution in [0.3, 0.4) is 0 Å². The number of pyridine rings is 1. The summed E-state index contributed by atoms with van der Waals surface area (Å²) in [6.07, 6.45) is 4.98. The van der Waals surface area contributed by atoms with Crippen molar-refractivity contribution in [3.8, 4) is 0 Å². The molecule has 0 spiro atoms.